The molecule has 4 rings (SSSR count). The zero-order chi connectivity index (χ0) is 19.9. The number of nitrogens with one attached hydrogen (secondary N) is 1. The normalized spacial score (nSPS) is 30.5. The van der Waals surface area contributed by atoms with Gasteiger partial charge in [-0.3, -0.25) is 4.79 Å². The number of piperidine rings is 1. The van der Waals surface area contributed by atoms with Gasteiger partial charge in [-0.1, -0.05) is 35.7 Å². The maximum absolute atomic E-state index is 13.0. The Bertz CT molecular complexity index is 841. The van der Waals surface area contributed by atoms with Gasteiger partial charge in [0.2, 0.25) is 15.9 Å². The number of hydrogen-bond donors (Lipinski definition) is 1. The van der Waals surface area contributed by atoms with Crippen LogP contribution in [0.4, 0.5) is 0 Å². The number of halogens is 2. The topological polar surface area (TPSA) is 66.5 Å². The van der Waals surface area contributed by atoms with E-state index in [1.54, 1.807) is 18.2 Å². The Morgan fingerprint density at radius 3 is 2.54 bits per heavy atom. The summed E-state index contributed by atoms with van der Waals surface area (Å²) in [6.45, 7) is 0.666. The Morgan fingerprint density at radius 2 is 1.89 bits per heavy atom. The second kappa shape index (κ2) is 8.13. The number of hydrogen-bond acceptors (Lipinski definition) is 3. The molecule has 1 amide bonds. The molecular formula is C20H26Cl2N2O3S. The third-order valence-corrected chi connectivity index (χ3v) is 9.08. The van der Waals surface area contributed by atoms with Gasteiger partial charge < -0.3 is 5.32 Å². The summed E-state index contributed by atoms with van der Waals surface area (Å²) >= 11 is 12.3. The van der Waals surface area contributed by atoms with Crippen molar-refractivity contribution in [1.82, 2.24) is 9.62 Å². The molecule has 3 fully saturated rings. The standard InChI is InChI=1S/C20H26Cl2N2O3S/c21-17-4-1-5-18(22)16(17)12-28(26,27)24-8-2-3-15(11-24)20(25)23-19-10-13-6-7-14(19)9-13/h1,4-5,13-15,19H,2-3,6-12H2,(H,23,25). The zero-order valence-corrected chi connectivity index (χ0v) is 18.1. The van der Waals surface area contributed by atoms with Gasteiger partial charge in [0.1, 0.15) is 0 Å². The molecular weight excluding hydrogens is 419 g/mol. The number of fused-ring (bicyclic) bond motifs is 2. The Labute approximate surface area is 176 Å². The molecule has 1 N–H and O–H groups in total. The highest BCUT2D eigenvalue weighted by Gasteiger charge is 2.41. The summed E-state index contributed by atoms with van der Waals surface area (Å²) in [5, 5.41) is 3.91. The molecule has 1 aromatic carbocycles. The Morgan fingerprint density at radius 1 is 1.14 bits per heavy atom. The largest absolute Gasteiger partial charge is 0.353 e. The highest BCUT2D eigenvalue weighted by atomic mass is 35.5. The minimum absolute atomic E-state index is 0.00762. The second-order valence-electron chi connectivity index (χ2n) is 8.44. The van der Waals surface area contributed by atoms with Crippen molar-refractivity contribution in [3.63, 3.8) is 0 Å². The van der Waals surface area contributed by atoms with E-state index in [4.69, 9.17) is 23.2 Å². The molecule has 4 atom stereocenters. The number of sulfonamides is 1. The lowest BCUT2D eigenvalue weighted by atomic mass is 9.93. The van der Waals surface area contributed by atoms with Crippen molar-refractivity contribution in [1.29, 1.82) is 0 Å². The van der Waals surface area contributed by atoms with Gasteiger partial charge in [0.25, 0.3) is 0 Å². The van der Waals surface area contributed by atoms with Gasteiger partial charge >= 0.3 is 0 Å². The summed E-state index contributed by atoms with van der Waals surface area (Å²) in [5.74, 6) is 0.850. The van der Waals surface area contributed by atoms with E-state index in [1.807, 2.05) is 0 Å². The van der Waals surface area contributed by atoms with E-state index in [0.717, 1.165) is 18.8 Å². The molecule has 1 aromatic rings. The average molecular weight is 445 g/mol. The molecule has 5 nitrogen and oxygen atoms in total. The van der Waals surface area contributed by atoms with Crippen LogP contribution in [0.25, 0.3) is 0 Å². The second-order valence-corrected chi connectivity index (χ2v) is 11.2. The van der Waals surface area contributed by atoms with Crippen molar-refractivity contribution in [2.45, 2.75) is 50.3 Å². The summed E-state index contributed by atoms with van der Waals surface area (Å²) in [4.78, 5) is 12.8. The van der Waals surface area contributed by atoms with Gasteiger partial charge in [-0.25, -0.2) is 12.7 Å². The smallest absolute Gasteiger partial charge is 0.224 e. The molecule has 1 heterocycles. The number of carbonyl (C=O) groups is 1. The molecule has 0 spiro atoms. The van der Waals surface area contributed by atoms with Crippen molar-refractivity contribution in [2.24, 2.45) is 17.8 Å². The molecule has 3 aliphatic rings. The lowest BCUT2D eigenvalue weighted by molar-refractivity contribution is -0.127. The van der Waals surface area contributed by atoms with Crippen molar-refractivity contribution in [3.8, 4) is 0 Å². The summed E-state index contributed by atoms with van der Waals surface area (Å²) < 4.78 is 27.3. The molecule has 2 bridgehead atoms. The quantitative estimate of drug-likeness (QED) is 0.749. The first-order valence-electron chi connectivity index (χ1n) is 10.0. The summed E-state index contributed by atoms with van der Waals surface area (Å²) in [6, 6.07) is 5.25. The van der Waals surface area contributed by atoms with Crippen molar-refractivity contribution >= 4 is 39.1 Å². The van der Waals surface area contributed by atoms with Gasteiger partial charge in [-0.2, -0.15) is 0 Å². The van der Waals surface area contributed by atoms with Crippen LogP contribution in [-0.4, -0.2) is 37.8 Å². The van der Waals surface area contributed by atoms with E-state index in [-0.39, 0.29) is 30.2 Å². The molecule has 1 aliphatic heterocycles. The van der Waals surface area contributed by atoms with Gasteiger partial charge in [0.15, 0.2) is 0 Å². The Hall–Kier alpha value is -0.820. The first-order valence-corrected chi connectivity index (χ1v) is 12.4. The molecule has 2 saturated carbocycles. The van der Waals surface area contributed by atoms with E-state index < -0.39 is 10.0 Å². The maximum atomic E-state index is 13.0. The van der Waals surface area contributed by atoms with E-state index in [1.165, 1.54) is 23.6 Å². The third-order valence-electron chi connectivity index (χ3n) is 6.60. The number of nitrogens with zero attached hydrogens (tertiary/aromatic N) is 1. The van der Waals surface area contributed by atoms with Crippen LogP contribution in [0.5, 0.6) is 0 Å². The van der Waals surface area contributed by atoms with Crippen LogP contribution in [0.2, 0.25) is 10.0 Å². The van der Waals surface area contributed by atoms with Gasteiger partial charge in [0.05, 0.1) is 11.7 Å². The van der Waals surface area contributed by atoms with E-state index >= 15 is 0 Å². The van der Waals surface area contributed by atoms with Crippen LogP contribution in [-0.2, 0) is 20.6 Å². The van der Waals surface area contributed by atoms with E-state index in [2.05, 4.69) is 5.32 Å². The molecule has 8 heteroatoms. The number of carbonyl (C=O) groups excluding carboxylic acids is 1. The molecule has 4 unspecified atom stereocenters. The van der Waals surface area contributed by atoms with Crippen molar-refractivity contribution in [2.75, 3.05) is 13.1 Å². The number of benzene rings is 1. The van der Waals surface area contributed by atoms with Crippen molar-refractivity contribution in [3.05, 3.63) is 33.8 Å². The van der Waals surface area contributed by atoms with Gasteiger partial charge in [-0.05, 0) is 56.1 Å². The fourth-order valence-corrected chi connectivity index (χ4v) is 7.44. The lowest BCUT2D eigenvalue weighted by Gasteiger charge is -2.33. The summed E-state index contributed by atoms with van der Waals surface area (Å²) in [5.41, 5.74) is 0.416. The van der Waals surface area contributed by atoms with Crippen LogP contribution in [0.15, 0.2) is 18.2 Å². The SMILES string of the molecule is O=C(NC1CC2CCC1C2)C1CCCN(S(=O)(=O)Cc2c(Cl)cccc2Cl)C1. The Kier molecular flexibility index (Phi) is 5.94. The molecule has 154 valence electrons. The molecule has 0 aromatic heterocycles. The van der Waals surface area contributed by atoms with Crippen LogP contribution in [0.3, 0.4) is 0 Å². The summed E-state index contributed by atoms with van der Waals surface area (Å²) in [6.07, 6.45) is 6.22. The van der Waals surface area contributed by atoms with Gasteiger partial charge in [-0.15, -0.1) is 0 Å². The first kappa shape index (κ1) is 20.5. The van der Waals surface area contributed by atoms with Crippen LogP contribution < -0.4 is 5.32 Å². The highest BCUT2D eigenvalue weighted by Crippen LogP contribution is 2.44. The lowest BCUT2D eigenvalue weighted by Crippen LogP contribution is -2.48. The Balaban J connectivity index is 1.40. The maximum Gasteiger partial charge on any atom is 0.224 e. The zero-order valence-electron chi connectivity index (χ0n) is 15.7. The van der Waals surface area contributed by atoms with E-state index in [0.29, 0.717) is 34.5 Å². The predicted molar refractivity (Wildman–Crippen MR) is 111 cm³/mol. The molecule has 1 saturated heterocycles. The molecule has 28 heavy (non-hydrogen) atoms. The molecule has 0 radical (unpaired) electrons. The predicted octanol–water partition coefficient (Wildman–Crippen LogP) is 3.84. The number of rotatable bonds is 5. The van der Waals surface area contributed by atoms with Crippen LogP contribution in [0, 0.1) is 17.8 Å². The fourth-order valence-electron chi connectivity index (χ4n) is 5.08. The van der Waals surface area contributed by atoms with Crippen LogP contribution >= 0.6 is 23.2 Å². The minimum Gasteiger partial charge on any atom is -0.353 e. The highest BCUT2D eigenvalue weighted by molar-refractivity contribution is 7.88. The van der Waals surface area contributed by atoms with Crippen LogP contribution in [0.1, 0.15) is 44.1 Å². The minimum atomic E-state index is -3.60. The van der Waals surface area contributed by atoms with E-state index in [9.17, 15) is 13.2 Å². The van der Waals surface area contributed by atoms with Crippen molar-refractivity contribution < 1.29 is 13.2 Å². The number of amides is 1. The summed E-state index contributed by atoms with van der Waals surface area (Å²) in [7, 11) is -3.60. The third kappa shape index (κ3) is 4.20. The molecule has 2 aliphatic carbocycles. The monoisotopic (exact) mass is 444 g/mol. The fraction of sp³-hybridized carbons (Fsp3) is 0.650. The van der Waals surface area contributed by atoms with Gasteiger partial charge in [0, 0.05) is 34.7 Å². The average Bonchev–Trinajstić information content (AvgIpc) is 3.28. The first-order chi connectivity index (χ1) is 13.3.